The molecular formula is C16H20Cl2N2O. The molecule has 0 fully saturated rings. The first-order valence-electron chi connectivity index (χ1n) is 7.16. The minimum absolute atomic E-state index is 0.141. The van der Waals surface area contributed by atoms with Crippen molar-refractivity contribution in [1.82, 2.24) is 4.90 Å². The molecule has 3 nitrogen and oxygen atoms in total. The van der Waals surface area contributed by atoms with Gasteiger partial charge in [0.05, 0.1) is 6.07 Å². The van der Waals surface area contributed by atoms with Crippen LogP contribution in [0.5, 0.6) is 0 Å². The fraction of sp³-hybridized carbons (Fsp3) is 0.500. The minimum Gasteiger partial charge on any atom is -0.342 e. The molecule has 1 atom stereocenters. The van der Waals surface area contributed by atoms with Crippen LogP contribution in [0.3, 0.4) is 0 Å². The van der Waals surface area contributed by atoms with Gasteiger partial charge in [-0.25, -0.2) is 0 Å². The molecule has 5 heteroatoms. The van der Waals surface area contributed by atoms with E-state index < -0.39 is 5.92 Å². The first-order chi connectivity index (χ1) is 10.0. The maximum absolute atomic E-state index is 12.5. The maximum Gasteiger partial charge on any atom is 0.240 e. The van der Waals surface area contributed by atoms with Crippen molar-refractivity contribution in [2.24, 2.45) is 5.92 Å². The topological polar surface area (TPSA) is 44.1 Å². The van der Waals surface area contributed by atoms with Crippen LogP contribution in [0.1, 0.15) is 32.3 Å². The van der Waals surface area contributed by atoms with Crippen molar-refractivity contribution < 1.29 is 4.79 Å². The molecule has 1 aromatic carbocycles. The molecule has 0 N–H and O–H groups in total. The quantitative estimate of drug-likeness (QED) is 0.748. The largest absolute Gasteiger partial charge is 0.342 e. The summed E-state index contributed by atoms with van der Waals surface area (Å²) in [7, 11) is 0. The molecule has 1 aromatic rings. The monoisotopic (exact) mass is 326 g/mol. The average Bonchev–Trinajstić information content (AvgIpc) is 2.46. The Balaban J connectivity index is 2.92. The second-order valence-corrected chi connectivity index (χ2v) is 5.73. The van der Waals surface area contributed by atoms with E-state index in [1.54, 1.807) is 23.1 Å². The number of halogens is 2. The Morgan fingerprint density at radius 3 is 2.19 bits per heavy atom. The molecule has 1 amide bonds. The van der Waals surface area contributed by atoms with Crippen molar-refractivity contribution in [2.45, 2.75) is 33.1 Å². The summed E-state index contributed by atoms with van der Waals surface area (Å²) in [5, 5.41) is 10.3. The Morgan fingerprint density at radius 1 is 1.24 bits per heavy atom. The van der Waals surface area contributed by atoms with Gasteiger partial charge in [0.15, 0.2) is 0 Å². The van der Waals surface area contributed by atoms with Gasteiger partial charge in [-0.15, -0.1) is 0 Å². The molecule has 21 heavy (non-hydrogen) atoms. The highest BCUT2D eigenvalue weighted by Crippen LogP contribution is 2.27. The van der Waals surface area contributed by atoms with E-state index in [-0.39, 0.29) is 12.3 Å². The molecule has 0 saturated heterocycles. The van der Waals surface area contributed by atoms with Gasteiger partial charge < -0.3 is 4.90 Å². The third-order valence-corrected chi connectivity index (χ3v) is 3.93. The summed E-state index contributed by atoms with van der Waals surface area (Å²) in [6, 6.07) is 7.28. The van der Waals surface area contributed by atoms with Gasteiger partial charge in [0.1, 0.15) is 5.92 Å². The van der Waals surface area contributed by atoms with Gasteiger partial charge in [-0.05, 0) is 30.5 Å². The highest BCUT2D eigenvalue weighted by atomic mass is 35.5. The van der Waals surface area contributed by atoms with Crippen LogP contribution in [0.25, 0.3) is 0 Å². The van der Waals surface area contributed by atoms with Gasteiger partial charge in [-0.1, -0.05) is 43.1 Å². The fourth-order valence-corrected chi connectivity index (χ4v) is 2.76. The van der Waals surface area contributed by atoms with Crippen LogP contribution < -0.4 is 0 Å². The number of carbonyl (C=O) groups is 1. The van der Waals surface area contributed by atoms with E-state index in [9.17, 15) is 10.1 Å². The Bertz CT molecular complexity index is 499. The van der Waals surface area contributed by atoms with Crippen LogP contribution >= 0.6 is 23.2 Å². The first kappa shape index (κ1) is 17.8. The van der Waals surface area contributed by atoms with Gasteiger partial charge in [0.25, 0.3) is 0 Å². The standard InChI is InChI=1S/C16H20Cl2N2O/c1-3-8-20(9-4-2)16(21)12(11-19)10-13-14(17)6-5-7-15(13)18/h5-7,12H,3-4,8-10H2,1-2H3. The number of hydrogen-bond donors (Lipinski definition) is 0. The predicted octanol–water partition coefficient (Wildman–Crippen LogP) is 4.32. The van der Waals surface area contributed by atoms with E-state index in [0.717, 1.165) is 12.8 Å². The Morgan fingerprint density at radius 2 is 1.76 bits per heavy atom. The lowest BCUT2D eigenvalue weighted by molar-refractivity contribution is -0.133. The van der Waals surface area contributed by atoms with Crippen molar-refractivity contribution in [3.05, 3.63) is 33.8 Å². The Labute approximate surface area is 136 Å². The number of benzene rings is 1. The summed E-state index contributed by atoms with van der Waals surface area (Å²) in [5.41, 5.74) is 0.661. The van der Waals surface area contributed by atoms with Crippen LogP contribution in [0.4, 0.5) is 0 Å². The number of rotatable bonds is 7. The first-order valence-corrected chi connectivity index (χ1v) is 7.92. The van der Waals surface area contributed by atoms with E-state index in [1.807, 2.05) is 13.8 Å². The van der Waals surface area contributed by atoms with Crippen LogP contribution in [0.2, 0.25) is 10.0 Å². The zero-order valence-corrected chi connectivity index (χ0v) is 13.9. The molecule has 0 aliphatic carbocycles. The summed E-state index contributed by atoms with van der Waals surface area (Å²) in [6.07, 6.45) is 1.99. The van der Waals surface area contributed by atoms with E-state index in [2.05, 4.69) is 6.07 Å². The van der Waals surface area contributed by atoms with Crippen LogP contribution in [0.15, 0.2) is 18.2 Å². The van der Waals surface area contributed by atoms with Crippen molar-refractivity contribution in [3.63, 3.8) is 0 Å². The second kappa shape index (κ2) is 8.92. The van der Waals surface area contributed by atoms with Crippen molar-refractivity contribution >= 4 is 29.1 Å². The lowest BCUT2D eigenvalue weighted by Crippen LogP contribution is -2.37. The van der Waals surface area contributed by atoms with Gasteiger partial charge in [0, 0.05) is 29.6 Å². The zero-order chi connectivity index (χ0) is 15.8. The molecule has 1 unspecified atom stereocenters. The highest BCUT2D eigenvalue weighted by Gasteiger charge is 2.25. The predicted molar refractivity (Wildman–Crippen MR) is 86.4 cm³/mol. The number of nitriles is 1. The summed E-state index contributed by atoms with van der Waals surface area (Å²) in [4.78, 5) is 14.2. The number of carbonyl (C=O) groups excluding carboxylic acids is 1. The Hall–Kier alpha value is -1.24. The summed E-state index contributed by atoms with van der Waals surface area (Å²) >= 11 is 12.2. The average molecular weight is 327 g/mol. The molecule has 0 aromatic heterocycles. The molecule has 0 saturated carbocycles. The molecule has 0 aliphatic rings. The molecule has 0 spiro atoms. The van der Waals surface area contributed by atoms with E-state index in [0.29, 0.717) is 28.7 Å². The molecule has 0 aliphatic heterocycles. The summed E-state index contributed by atoms with van der Waals surface area (Å²) in [6.45, 7) is 5.37. The number of nitrogens with zero attached hydrogens (tertiary/aromatic N) is 2. The lowest BCUT2D eigenvalue weighted by atomic mass is 9.98. The van der Waals surface area contributed by atoms with Gasteiger partial charge in [-0.3, -0.25) is 4.79 Å². The van der Waals surface area contributed by atoms with Crippen molar-refractivity contribution in [1.29, 1.82) is 5.26 Å². The SMILES string of the molecule is CCCN(CCC)C(=O)C(C#N)Cc1c(Cl)cccc1Cl. The van der Waals surface area contributed by atoms with E-state index in [1.165, 1.54) is 0 Å². The maximum atomic E-state index is 12.5. The van der Waals surface area contributed by atoms with Crippen LogP contribution in [-0.2, 0) is 11.2 Å². The van der Waals surface area contributed by atoms with E-state index in [4.69, 9.17) is 23.2 Å². The van der Waals surface area contributed by atoms with Crippen LogP contribution in [0, 0.1) is 17.2 Å². The van der Waals surface area contributed by atoms with Crippen LogP contribution in [-0.4, -0.2) is 23.9 Å². The molecule has 1 rings (SSSR count). The van der Waals surface area contributed by atoms with Gasteiger partial charge >= 0.3 is 0 Å². The smallest absolute Gasteiger partial charge is 0.240 e. The third-order valence-electron chi connectivity index (χ3n) is 3.22. The second-order valence-electron chi connectivity index (χ2n) is 4.91. The van der Waals surface area contributed by atoms with Gasteiger partial charge in [-0.2, -0.15) is 5.26 Å². The van der Waals surface area contributed by atoms with Crippen molar-refractivity contribution in [3.8, 4) is 6.07 Å². The van der Waals surface area contributed by atoms with E-state index >= 15 is 0 Å². The summed E-state index contributed by atoms with van der Waals surface area (Å²) < 4.78 is 0. The zero-order valence-electron chi connectivity index (χ0n) is 12.4. The normalized spacial score (nSPS) is 11.8. The highest BCUT2D eigenvalue weighted by molar-refractivity contribution is 6.36. The fourth-order valence-electron chi connectivity index (χ4n) is 2.21. The number of amides is 1. The van der Waals surface area contributed by atoms with Gasteiger partial charge in [0.2, 0.25) is 5.91 Å². The summed E-state index contributed by atoms with van der Waals surface area (Å²) in [5.74, 6) is -0.891. The molecule has 0 heterocycles. The minimum atomic E-state index is -0.750. The van der Waals surface area contributed by atoms with Crippen molar-refractivity contribution in [2.75, 3.05) is 13.1 Å². The molecular weight excluding hydrogens is 307 g/mol. The Kier molecular flexibility index (Phi) is 7.56. The lowest BCUT2D eigenvalue weighted by Gasteiger charge is -2.24. The molecule has 0 bridgehead atoms. The molecule has 0 radical (unpaired) electrons. The third kappa shape index (κ3) is 4.91. The number of hydrogen-bond acceptors (Lipinski definition) is 2. The molecule has 114 valence electrons.